The number of nitrogens with zero attached hydrogens (tertiary/aromatic N) is 2. The van der Waals surface area contributed by atoms with Crippen molar-refractivity contribution in [1.82, 2.24) is 15.1 Å². The van der Waals surface area contributed by atoms with Crippen LogP contribution in [0.25, 0.3) is 10.1 Å². The highest BCUT2D eigenvalue weighted by atomic mass is 32.1. The van der Waals surface area contributed by atoms with Crippen molar-refractivity contribution in [3.05, 3.63) is 34.7 Å². The Morgan fingerprint density at radius 3 is 2.44 bits per heavy atom. The highest BCUT2D eigenvalue weighted by molar-refractivity contribution is 7.21. The molecule has 1 saturated heterocycles. The molecule has 2 aromatic rings. The Morgan fingerprint density at radius 1 is 1.16 bits per heavy atom. The van der Waals surface area contributed by atoms with Gasteiger partial charge in [0.1, 0.15) is 0 Å². The molecule has 1 aliphatic heterocycles. The van der Waals surface area contributed by atoms with E-state index in [4.69, 9.17) is 0 Å². The van der Waals surface area contributed by atoms with Gasteiger partial charge in [0, 0.05) is 43.3 Å². The van der Waals surface area contributed by atoms with E-state index in [2.05, 4.69) is 17.4 Å². The number of aryl methyl sites for hydroxylation is 1. The largest absolute Gasteiger partial charge is 0.339 e. The number of fused-ring (bicyclic) bond motifs is 1. The van der Waals surface area contributed by atoms with E-state index >= 15 is 0 Å². The lowest BCUT2D eigenvalue weighted by Crippen LogP contribution is -2.52. The first kappa shape index (κ1) is 17.9. The molecule has 1 aromatic carbocycles. The molecule has 5 nitrogen and oxygen atoms in total. The maximum Gasteiger partial charge on any atom is 0.264 e. The van der Waals surface area contributed by atoms with Crippen molar-refractivity contribution in [2.75, 3.05) is 39.8 Å². The molecule has 0 bridgehead atoms. The van der Waals surface area contributed by atoms with Gasteiger partial charge in [-0.2, -0.15) is 0 Å². The van der Waals surface area contributed by atoms with Crippen molar-refractivity contribution >= 4 is 33.2 Å². The summed E-state index contributed by atoms with van der Waals surface area (Å²) in [5.74, 6) is 0.227. The molecule has 2 heterocycles. The van der Waals surface area contributed by atoms with Gasteiger partial charge in [0.05, 0.1) is 4.88 Å². The fourth-order valence-corrected chi connectivity index (χ4v) is 4.53. The van der Waals surface area contributed by atoms with Crippen LogP contribution >= 0.6 is 11.3 Å². The van der Waals surface area contributed by atoms with E-state index in [1.54, 1.807) is 11.3 Å². The lowest BCUT2D eigenvalue weighted by Gasteiger charge is -2.36. The lowest BCUT2D eigenvalue weighted by molar-refractivity contribution is -0.136. The third-order valence-electron chi connectivity index (χ3n) is 4.85. The van der Waals surface area contributed by atoms with E-state index in [0.717, 1.165) is 20.5 Å². The van der Waals surface area contributed by atoms with E-state index in [1.807, 2.05) is 42.8 Å². The fourth-order valence-electron chi connectivity index (χ4n) is 3.36. The van der Waals surface area contributed by atoms with Crippen LogP contribution in [0.3, 0.4) is 0 Å². The molecule has 6 heteroatoms. The summed E-state index contributed by atoms with van der Waals surface area (Å²) >= 11 is 1.56. The van der Waals surface area contributed by atoms with Crippen LogP contribution in [0, 0.1) is 12.8 Å². The number of rotatable bonds is 4. The van der Waals surface area contributed by atoms with Crippen LogP contribution in [0.4, 0.5) is 0 Å². The standard InChI is InChI=1S/C19H25N3O2S/c1-13(12-20-3)18(23)21-8-10-22(11-9-21)19(24)17-14(2)15-6-4-5-7-16(15)25-17/h4-7,13,20H,8-12H2,1-3H3. The summed E-state index contributed by atoms with van der Waals surface area (Å²) in [5, 5.41) is 4.20. The molecule has 1 unspecified atom stereocenters. The minimum Gasteiger partial charge on any atom is -0.339 e. The Bertz CT molecular complexity index is 778. The number of carbonyl (C=O) groups excluding carboxylic acids is 2. The van der Waals surface area contributed by atoms with Crippen LogP contribution in [-0.2, 0) is 4.79 Å². The third-order valence-corrected chi connectivity index (χ3v) is 6.11. The third kappa shape index (κ3) is 3.55. The van der Waals surface area contributed by atoms with Gasteiger partial charge < -0.3 is 15.1 Å². The second kappa shape index (κ2) is 7.54. The van der Waals surface area contributed by atoms with Crippen molar-refractivity contribution in [1.29, 1.82) is 0 Å². The van der Waals surface area contributed by atoms with Crippen LogP contribution in [0.1, 0.15) is 22.2 Å². The normalized spacial score (nSPS) is 16.3. The van der Waals surface area contributed by atoms with Gasteiger partial charge in [-0.15, -0.1) is 11.3 Å². The number of nitrogens with one attached hydrogen (secondary N) is 1. The Morgan fingerprint density at radius 2 is 1.80 bits per heavy atom. The second-order valence-electron chi connectivity index (χ2n) is 6.63. The van der Waals surface area contributed by atoms with Crippen LogP contribution in [0.5, 0.6) is 0 Å². The number of hydrogen-bond donors (Lipinski definition) is 1. The van der Waals surface area contributed by atoms with E-state index in [9.17, 15) is 9.59 Å². The number of benzene rings is 1. The quantitative estimate of drug-likeness (QED) is 0.912. The SMILES string of the molecule is CNCC(C)C(=O)N1CCN(C(=O)c2sc3ccccc3c2C)CC1. The summed E-state index contributed by atoms with van der Waals surface area (Å²) in [6.07, 6.45) is 0. The van der Waals surface area contributed by atoms with Gasteiger partial charge in [-0.1, -0.05) is 25.1 Å². The molecule has 25 heavy (non-hydrogen) atoms. The van der Waals surface area contributed by atoms with E-state index in [1.165, 1.54) is 0 Å². The van der Waals surface area contributed by atoms with Crippen LogP contribution in [-0.4, -0.2) is 61.4 Å². The Kier molecular flexibility index (Phi) is 5.39. The molecule has 0 aliphatic carbocycles. The highest BCUT2D eigenvalue weighted by Crippen LogP contribution is 2.31. The van der Waals surface area contributed by atoms with Crippen molar-refractivity contribution in [2.24, 2.45) is 5.92 Å². The minimum atomic E-state index is -0.0305. The summed E-state index contributed by atoms with van der Waals surface area (Å²) < 4.78 is 1.15. The highest BCUT2D eigenvalue weighted by Gasteiger charge is 2.28. The summed E-state index contributed by atoms with van der Waals surface area (Å²) in [6.45, 7) is 7.07. The molecule has 0 radical (unpaired) electrons. The molecule has 2 amide bonds. The predicted molar refractivity (Wildman–Crippen MR) is 102 cm³/mol. The van der Waals surface area contributed by atoms with Gasteiger partial charge in [0.2, 0.25) is 5.91 Å². The van der Waals surface area contributed by atoms with Crippen LogP contribution in [0.15, 0.2) is 24.3 Å². The Hall–Kier alpha value is -1.92. The number of thiophene rings is 1. The smallest absolute Gasteiger partial charge is 0.264 e. The monoisotopic (exact) mass is 359 g/mol. The summed E-state index contributed by atoms with van der Waals surface area (Å²) in [6, 6.07) is 8.14. The molecular weight excluding hydrogens is 334 g/mol. The van der Waals surface area contributed by atoms with Crippen molar-refractivity contribution < 1.29 is 9.59 Å². The fraction of sp³-hybridized carbons (Fsp3) is 0.474. The Labute approximate surface area is 152 Å². The summed E-state index contributed by atoms with van der Waals surface area (Å²) in [5.41, 5.74) is 1.06. The minimum absolute atomic E-state index is 0.0305. The van der Waals surface area contributed by atoms with Crippen molar-refractivity contribution in [3.63, 3.8) is 0 Å². The summed E-state index contributed by atoms with van der Waals surface area (Å²) in [4.78, 5) is 29.9. The van der Waals surface area contributed by atoms with Gasteiger partial charge in [-0.25, -0.2) is 0 Å². The molecule has 0 spiro atoms. The zero-order valence-electron chi connectivity index (χ0n) is 15.0. The molecule has 0 saturated carbocycles. The number of piperazine rings is 1. The maximum atomic E-state index is 12.9. The summed E-state index contributed by atoms with van der Waals surface area (Å²) in [7, 11) is 1.85. The molecule has 1 aliphatic rings. The molecule has 1 fully saturated rings. The second-order valence-corrected chi connectivity index (χ2v) is 7.68. The van der Waals surface area contributed by atoms with Crippen LogP contribution < -0.4 is 5.32 Å². The van der Waals surface area contributed by atoms with Crippen molar-refractivity contribution in [3.8, 4) is 0 Å². The molecule has 3 rings (SSSR count). The molecule has 134 valence electrons. The lowest BCUT2D eigenvalue weighted by atomic mass is 10.1. The molecule has 1 aromatic heterocycles. The van der Waals surface area contributed by atoms with Gasteiger partial charge >= 0.3 is 0 Å². The van der Waals surface area contributed by atoms with Crippen LogP contribution in [0.2, 0.25) is 0 Å². The Balaban J connectivity index is 1.67. The first-order valence-corrected chi connectivity index (χ1v) is 9.55. The molecule has 1 atom stereocenters. The molecule has 1 N–H and O–H groups in total. The average Bonchev–Trinajstić information content (AvgIpc) is 2.98. The zero-order valence-corrected chi connectivity index (χ0v) is 15.9. The van der Waals surface area contributed by atoms with Gasteiger partial charge in [0.15, 0.2) is 0 Å². The number of amides is 2. The van der Waals surface area contributed by atoms with E-state index in [0.29, 0.717) is 32.7 Å². The first-order valence-electron chi connectivity index (χ1n) is 8.73. The number of hydrogen-bond acceptors (Lipinski definition) is 4. The van der Waals surface area contributed by atoms with Crippen molar-refractivity contribution in [2.45, 2.75) is 13.8 Å². The number of carbonyl (C=O) groups is 2. The predicted octanol–water partition coefficient (Wildman–Crippen LogP) is 2.35. The van der Waals surface area contributed by atoms with Gasteiger partial charge in [-0.05, 0) is 31.0 Å². The maximum absolute atomic E-state index is 12.9. The van der Waals surface area contributed by atoms with E-state index < -0.39 is 0 Å². The van der Waals surface area contributed by atoms with E-state index in [-0.39, 0.29) is 17.7 Å². The van der Waals surface area contributed by atoms with Gasteiger partial charge in [-0.3, -0.25) is 9.59 Å². The van der Waals surface area contributed by atoms with Gasteiger partial charge in [0.25, 0.3) is 5.91 Å². The molecular formula is C19H25N3O2S. The topological polar surface area (TPSA) is 52.7 Å². The zero-order chi connectivity index (χ0) is 18.0. The average molecular weight is 359 g/mol. The first-order chi connectivity index (χ1) is 12.0.